The summed E-state index contributed by atoms with van der Waals surface area (Å²) in [5, 5.41) is 2.77. The van der Waals surface area contributed by atoms with Crippen molar-refractivity contribution in [3.8, 4) is 0 Å². The van der Waals surface area contributed by atoms with Gasteiger partial charge in [0, 0.05) is 18.4 Å². The molecule has 2 rings (SSSR count). The zero-order valence-corrected chi connectivity index (χ0v) is 22.6. The van der Waals surface area contributed by atoms with Gasteiger partial charge in [0.25, 0.3) is 5.91 Å². The summed E-state index contributed by atoms with van der Waals surface area (Å²) in [6, 6.07) is 11.5. The largest absolute Gasteiger partial charge is 0.342 e. The summed E-state index contributed by atoms with van der Waals surface area (Å²) < 4.78 is 32.7. The predicted octanol–water partition coefficient (Wildman–Crippen LogP) is 3.70. The quantitative estimate of drug-likeness (QED) is 0.441. The number of benzene rings is 1. The molecule has 0 saturated heterocycles. The van der Waals surface area contributed by atoms with Gasteiger partial charge >= 0.3 is 10.3 Å². The molecule has 0 saturated carbocycles. The number of amides is 1. The molecule has 10 heteroatoms. The predicted molar refractivity (Wildman–Crippen MR) is 135 cm³/mol. The van der Waals surface area contributed by atoms with Crippen molar-refractivity contribution in [2.75, 3.05) is 6.54 Å². The number of carbonyl (C=O) groups excluding carboxylic acids is 2. The third-order valence-corrected chi connectivity index (χ3v) is 8.51. The third kappa shape index (κ3) is 9.09. The van der Waals surface area contributed by atoms with Gasteiger partial charge in [0.15, 0.2) is 5.78 Å². The molecular weight excluding hydrogens is 470 g/mol. The van der Waals surface area contributed by atoms with Crippen molar-refractivity contribution >= 4 is 30.3 Å². The van der Waals surface area contributed by atoms with Crippen LogP contribution < -0.4 is 5.32 Å². The normalized spacial score (nSPS) is 13.2. The highest BCUT2D eigenvalue weighted by molar-refractivity contribution is 7.85. The van der Waals surface area contributed by atoms with E-state index in [4.69, 9.17) is 3.87 Å². The first kappa shape index (κ1) is 27.8. The average Bonchev–Trinajstić information content (AvgIpc) is 2.72. The van der Waals surface area contributed by atoms with Gasteiger partial charge in [0.05, 0.1) is 18.2 Å². The Hall–Kier alpha value is -2.40. The molecule has 8 nitrogen and oxygen atoms in total. The zero-order chi connectivity index (χ0) is 25.5. The van der Waals surface area contributed by atoms with Gasteiger partial charge in [-0.05, 0) is 56.6 Å². The maximum atomic E-state index is 13.3. The summed E-state index contributed by atoms with van der Waals surface area (Å²) in [6.07, 6.45) is 1.83. The molecule has 0 fully saturated rings. The molecule has 1 aromatic heterocycles. The van der Waals surface area contributed by atoms with Gasteiger partial charge in [-0.25, -0.2) is 0 Å². The maximum Gasteiger partial charge on any atom is 0.329 e. The molecule has 1 unspecified atom stereocenters. The van der Waals surface area contributed by atoms with Gasteiger partial charge in [0.1, 0.15) is 0 Å². The molecule has 0 aliphatic rings. The molecule has 1 amide bonds. The topological polar surface area (TPSA) is 106 Å². The minimum atomic E-state index is -4.17. The lowest BCUT2D eigenvalue weighted by Gasteiger charge is -2.27. The molecular formula is C24H35N3O5SSi. The lowest BCUT2D eigenvalue weighted by molar-refractivity contribution is -0.121. The Morgan fingerprint density at radius 3 is 2.26 bits per heavy atom. The fourth-order valence-corrected chi connectivity index (χ4v) is 6.78. The average molecular weight is 506 g/mol. The van der Waals surface area contributed by atoms with Crippen LogP contribution in [-0.2, 0) is 25.5 Å². The van der Waals surface area contributed by atoms with Crippen molar-refractivity contribution in [3.63, 3.8) is 0 Å². The Morgan fingerprint density at radius 1 is 1.09 bits per heavy atom. The smallest absolute Gasteiger partial charge is 0.329 e. The van der Waals surface area contributed by atoms with Gasteiger partial charge in [0.2, 0.25) is 8.32 Å². The van der Waals surface area contributed by atoms with Crippen LogP contribution >= 0.6 is 0 Å². The molecule has 0 radical (unpaired) electrons. The van der Waals surface area contributed by atoms with Gasteiger partial charge in [-0.2, -0.15) is 12.7 Å². The van der Waals surface area contributed by atoms with Crippen molar-refractivity contribution in [3.05, 3.63) is 65.5 Å². The van der Waals surface area contributed by atoms with Crippen LogP contribution in [0.5, 0.6) is 0 Å². The number of rotatable bonds is 12. The molecule has 34 heavy (non-hydrogen) atoms. The van der Waals surface area contributed by atoms with Crippen LogP contribution in [-0.4, -0.2) is 50.3 Å². The Balaban J connectivity index is 2.28. The SMILES string of the molecule is Cc1ccc(C(=O)NC(CC(C)C)C(=O)CN(Cc2ccccc2)S(=O)(=O)O[Si](C)(C)C)cn1. The fraction of sp³-hybridized carbons (Fsp3) is 0.458. The number of hydrogen-bond acceptors (Lipinski definition) is 6. The van der Waals surface area contributed by atoms with Crippen molar-refractivity contribution in [1.29, 1.82) is 0 Å². The number of ketones is 1. The molecule has 1 aromatic carbocycles. The van der Waals surface area contributed by atoms with Crippen LogP contribution in [0.25, 0.3) is 0 Å². The van der Waals surface area contributed by atoms with Crippen molar-refractivity contribution in [2.24, 2.45) is 5.92 Å². The van der Waals surface area contributed by atoms with E-state index in [1.807, 2.05) is 26.8 Å². The van der Waals surface area contributed by atoms with Crippen molar-refractivity contribution in [2.45, 2.75) is 59.4 Å². The molecule has 1 heterocycles. The van der Waals surface area contributed by atoms with E-state index in [0.29, 0.717) is 12.0 Å². The van der Waals surface area contributed by atoms with E-state index < -0.39 is 42.9 Å². The first-order valence-electron chi connectivity index (χ1n) is 11.3. The number of carbonyl (C=O) groups is 2. The van der Waals surface area contributed by atoms with E-state index in [-0.39, 0.29) is 12.5 Å². The lowest BCUT2D eigenvalue weighted by atomic mass is 9.99. The van der Waals surface area contributed by atoms with Crippen LogP contribution in [0.15, 0.2) is 48.7 Å². The van der Waals surface area contributed by atoms with Crippen LogP contribution in [0.3, 0.4) is 0 Å². The van der Waals surface area contributed by atoms with E-state index in [2.05, 4.69) is 10.3 Å². The van der Waals surface area contributed by atoms with Crippen molar-refractivity contribution < 1.29 is 21.9 Å². The first-order valence-corrected chi connectivity index (χ1v) is 16.0. The summed E-state index contributed by atoms with van der Waals surface area (Å²) in [4.78, 5) is 30.2. The molecule has 0 aliphatic carbocycles. The van der Waals surface area contributed by atoms with Crippen LogP contribution in [0.2, 0.25) is 19.6 Å². The second-order valence-corrected chi connectivity index (χ2v) is 16.0. The summed E-state index contributed by atoms with van der Waals surface area (Å²) >= 11 is 0. The van der Waals surface area contributed by atoms with Crippen LogP contribution in [0.1, 0.15) is 41.9 Å². The molecule has 0 bridgehead atoms. The Bertz CT molecular complexity index is 1070. The monoisotopic (exact) mass is 505 g/mol. The summed E-state index contributed by atoms with van der Waals surface area (Å²) in [5.41, 5.74) is 1.84. The second-order valence-electron chi connectivity index (χ2n) is 9.72. The minimum Gasteiger partial charge on any atom is -0.342 e. The highest BCUT2D eigenvalue weighted by Crippen LogP contribution is 2.17. The van der Waals surface area contributed by atoms with Crippen LogP contribution in [0, 0.1) is 12.8 Å². The molecule has 1 atom stereocenters. The first-order chi connectivity index (χ1) is 15.8. The minimum absolute atomic E-state index is 0.0103. The Kier molecular flexibility index (Phi) is 9.69. The number of aromatic nitrogens is 1. The molecule has 186 valence electrons. The maximum absolute atomic E-state index is 13.3. The molecule has 1 N–H and O–H groups in total. The van der Waals surface area contributed by atoms with Crippen LogP contribution in [0.4, 0.5) is 0 Å². The molecule has 2 aromatic rings. The third-order valence-electron chi connectivity index (χ3n) is 4.78. The zero-order valence-electron chi connectivity index (χ0n) is 20.7. The second kappa shape index (κ2) is 11.8. The Morgan fingerprint density at radius 2 is 1.74 bits per heavy atom. The van der Waals surface area contributed by atoms with Gasteiger partial charge in [-0.3, -0.25) is 14.6 Å². The highest BCUT2D eigenvalue weighted by Gasteiger charge is 2.34. The molecule has 0 spiro atoms. The lowest BCUT2D eigenvalue weighted by Crippen LogP contribution is -2.48. The van der Waals surface area contributed by atoms with Crippen molar-refractivity contribution in [1.82, 2.24) is 14.6 Å². The van der Waals surface area contributed by atoms with E-state index >= 15 is 0 Å². The summed E-state index contributed by atoms with van der Waals surface area (Å²) in [7, 11) is -6.64. The number of pyridine rings is 1. The molecule has 0 aliphatic heterocycles. The number of nitrogens with one attached hydrogen (secondary N) is 1. The summed E-state index contributed by atoms with van der Waals surface area (Å²) in [5.74, 6) is -0.731. The number of Topliss-reactive ketones (excluding diaryl/α,β-unsaturated/α-hetero) is 1. The summed E-state index contributed by atoms with van der Waals surface area (Å²) in [6.45, 7) is 10.6. The fourth-order valence-electron chi connectivity index (χ4n) is 3.24. The van der Waals surface area contributed by atoms with Gasteiger partial charge < -0.3 is 9.19 Å². The Labute approximate surface area is 204 Å². The van der Waals surface area contributed by atoms with E-state index in [1.54, 1.807) is 56.0 Å². The highest BCUT2D eigenvalue weighted by atomic mass is 32.2. The van der Waals surface area contributed by atoms with Gasteiger partial charge in [-0.15, -0.1) is 0 Å². The van der Waals surface area contributed by atoms with E-state index in [0.717, 1.165) is 15.6 Å². The number of hydrogen-bond donors (Lipinski definition) is 1. The van der Waals surface area contributed by atoms with E-state index in [9.17, 15) is 18.0 Å². The van der Waals surface area contributed by atoms with Gasteiger partial charge in [-0.1, -0.05) is 44.2 Å². The van der Waals surface area contributed by atoms with E-state index in [1.165, 1.54) is 6.20 Å². The number of nitrogens with zero attached hydrogens (tertiary/aromatic N) is 2. The standard InChI is InChI=1S/C24H35N3O5SSi/c1-18(2)14-22(26-24(29)21-13-12-19(3)25-15-21)23(28)17-27(16-20-10-8-7-9-11-20)33(30,31)32-34(4,5)6/h7-13,15,18,22H,14,16-17H2,1-6H3,(H,26,29). The number of aryl methyl sites for hydroxylation is 1.